The van der Waals surface area contributed by atoms with Crippen LogP contribution in [0.3, 0.4) is 0 Å². The predicted molar refractivity (Wildman–Crippen MR) is 77.0 cm³/mol. The number of nitriles is 1. The summed E-state index contributed by atoms with van der Waals surface area (Å²) in [5.74, 6) is -0.723. The summed E-state index contributed by atoms with van der Waals surface area (Å²) in [6, 6.07) is 6.91. The van der Waals surface area contributed by atoms with Gasteiger partial charge in [0.25, 0.3) is 0 Å². The third-order valence-electron chi connectivity index (χ3n) is 3.04. The summed E-state index contributed by atoms with van der Waals surface area (Å²) in [5, 5.41) is 11.5. The average Bonchev–Trinajstić information content (AvgIpc) is 2.47. The largest absolute Gasteiger partial charge is 0.340 e. The van der Waals surface area contributed by atoms with E-state index < -0.39 is 6.04 Å². The van der Waals surface area contributed by atoms with E-state index in [1.54, 1.807) is 0 Å². The lowest BCUT2D eigenvalue weighted by atomic mass is 10.1. The minimum absolute atomic E-state index is 0.117. The molecule has 1 N–H and O–H groups in total. The molecule has 1 rings (SSSR count). The van der Waals surface area contributed by atoms with Crippen LogP contribution in [0.2, 0.25) is 0 Å². The number of Topliss-reactive ketones (excluding diaryl/α,β-unsaturated/α-hetero) is 1. The fourth-order valence-electron chi connectivity index (χ4n) is 1.91. The van der Waals surface area contributed by atoms with E-state index in [0.29, 0.717) is 18.4 Å². The third-order valence-corrected chi connectivity index (χ3v) is 3.04. The first-order valence-corrected chi connectivity index (χ1v) is 7.04. The molecule has 0 saturated carbocycles. The van der Waals surface area contributed by atoms with Crippen LogP contribution in [0.5, 0.6) is 0 Å². The molecular weight excluding hydrogens is 271 g/mol. The van der Waals surface area contributed by atoms with E-state index in [0.717, 1.165) is 6.42 Å². The Kier molecular flexibility index (Phi) is 7.10. The van der Waals surface area contributed by atoms with Crippen molar-refractivity contribution in [1.82, 2.24) is 5.32 Å². The predicted octanol–water partition coefficient (Wildman–Crippen LogP) is 2.99. The Morgan fingerprint density at radius 2 is 1.95 bits per heavy atom. The van der Waals surface area contributed by atoms with Crippen molar-refractivity contribution < 1.29 is 14.0 Å². The topological polar surface area (TPSA) is 70.0 Å². The lowest BCUT2D eigenvalue weighted by molar-refractivity contribution is -0.121. The van der Waals surface area contributed by atoms with Gasteiger partial charge in [-0.2, -0.15) is 5.26 Å². The second-order valence-corrected chi connectivity index (χ2v) is 4.82. The molecule has 1 atom stereocenters. The molecule has 0 saturated heterocycles. The lowest BCUT2D eigenvalue weighted by Crippen LogP contribution is -2.33. The molecule has 5 heteroatoms. The molecule has 21 heavy (non-hydrogen) atoms. The number of nitrogens with one attached hydrogen (secondary N) is 1. The van der Waals surface area contributed by atoms with Gasteiger partial charge in [0.1, 0.15) is 11.9 Å². The van der Waals surface area contributed by atoms with E-state index in [9.17, 15) is 14.0 Å². The van der Waals surface area contributed by atoms with Gasteiger partial charge in [0.05, 0.1) is 6.07 Å². The molecule has 0 aliphatic carbocycles. The first-order valence-electron chi connectivity index (χ1n) is 7.04. The average molecular weight is 290 g/mol. The number of halogens is 1. The van der Waals surface area contributed by atoms with Gasteiger partial charge in [-0.15, -0.1) is 0 Å². The van der Waals surface area contributed by atoms with E-state index in [2.05, 4.69) is 5.32 Å². The number of amides is 1. The zero-order valence-electron chi connectivity index (χ0n) is 12.1. The minimum Gasteiger partial charge on any atom is -0.340 e. The van der Waals surface area contributed by atoms with Crippen LogP contribution in [-0.4, -0.2) is 17.7 Å². The standard InChI is InChI=1S/C16H19FN2O2/c1-2-4-14(11-18)19-16(21)6-3-5-15(20)12-7-9-13(17)10-8-12/h7-10,14H,2-6H2,1H3,(H,19,21). The lowest BCUT2D eigenvalue weighted by Gasteiger charge is -2.10. The summed E-state index contributed by atoms with van der Waals surface area (Å²) in [6.07, 6.45) is 2.28. The number of benzene rings is 1. The van der Waals surface area contributed by atoms with E-state index in [1.807, 2.05) is 13.0 Å². The van der Waals surface area contributed by atoms with E-state index in [4.69, 9.17) is 5.26 Å². The van der Waals surface area contributed by atoms with Crippen LogP contribution in [0.1, 0.15) is 49.4 Å². The fraction of sp³-hybridized carbons (Fsp3) is 0.438. The van der Waals surface area contributed by atoms with Crippen molar-refractivity contribution >= 4 is 11.7 Å². The Hall–Kier alpha value is -2.22. The summed E-state index contributed by atoms with van der Waals surface area (Å²) < 4.78 is 12.7. The number of rotatable bonds is 8. The highest BCUT2D eigenvalue weighted by Gasteiger charge is 2.11. The van der Waals surface area contributed by atoms with Crippen LogP contribution in [-0.2, 0) is 4.79 Å². The van der Waals surface area contributed by atoms with Gasteiger partial charge in [-0.05, 0) is 37.1 Å². The van der Waals surface area contributed by atoms with Crippen LogP contribution < -0.4 is 5.32 Å². The normalized spacial score (nSPS) is 11.5. The summed E-state index contributed by atoms with van der Waals surface area (Å²) in [4.78, 5) is 23.4. The van der Waals surface area contributed by atoms with Crippen molar-refractivity contribution in [2.75, 3.05) is 0 Å². The van der Waals surface area contributed by atoms with E-state index in [-0.39, 0.29) is 30.3 Å². The number of nitrogens with zero attached hydrogens (tertiary/aromatic N) is 1. The van der Waals surface area contributed by atoms with Crippen LogP contribution in [0, 0.1) is 17.1 Å². The maximum Gasteiger partial charge on any atom is 0.221 e. The molecule has 4 nitrogen and oxygen atoms in total. The second kappa shape index (κ2) is 8.85. The van der Waals surface area contributed by atoms with Crippen molar-refractivity contribution in [3.8, 4) is 6.07 Å². The van der Waals surface area contributed by atoms with Crippen LogP contribution >= 0.6 is 0 Å². The molecule has 0 aliphatic heterocycles. The fourth-order valence-corrected chi connectivity index (χ4v) is 1.91. The molecule has 0 spiro atoms. The van der Waals surface area contributed by atoms with Gasteiger partial charge < -0.3 is 5.32 Å². The van der Waals surface area contributed by atoms with Gasteiger partial charge >= 0.3 is 0 Å². The summed E-state index contributed by atoms with van der Waals surface area (Å²) in [6.45, 7) is 1.94. The molecule has 0 bridgehead atoms. The highest BCUT2D eigenvalue weighted by Crippen LogP contribution is 2.08. The third kappa shape index (κ3) is 6.17. The monoisotopic (exact) mass is 290 g/mol. The molecular formula is C16H19FN2O2. The molecule has 1 unspecified atom stereocenters. The minimum atomic E-state index is -0.463. The molecule has 0 fully saturated rings. The summed E-state index contributed by atoms with van der Waals surface area (Å²) in [5.41, 5.74) is 0.442. The van der Waals surface area contributed by atoms with Gasteiger partial charge in [-0.3, -0.25) is 9.59 Å². The van der Waals surface area contributed by atoms with Crippen LogP contribution in [0.4, 0.5) is 4.39 Å². The first-order chi connectivity index (χ1) is 10.1. The van der Waals surface area contributed by atoms with Crippen molar-refractivity contribution in [2.45, 2.75) is 45.1 Å². The van der Waals surface area contributed by atoms with Gasteiger partial charge in [-0.25, -0.2) is 4.39 Å². The first kappa shape index (κ1) is 16.8. The number of ketones is 1. The van der Waals surface area contributed by atoms with Crippen LogP contribution in [0.25, 0.3) is 0 Å². The van der Waals surface area contributed by atoms with Gasteiger partial charge in [0.15, 0.2) is 5.78 Å². The van der Waals surface area contributed by atoms with Crippen molar-refractivity contribution in [2.24, 2.45) is 0 Å². The highest BCUT2D eigenvalue weighted by atomic mass is 19.1. The van der Waals surface area contributed by atoms with Gasteiger partial charge in [-0.1, -0.05) is 13.3 Å². The summed E-state index contributed by atoms with van der Waals surface area (Å²) in [7, 11) is 0. The number of hydrogen-bond acceptors (Lipinski definition) is 3. The zero-order valence-corrected chi connectivity index (χ0v) is 12.1. The Bertz CT molecular complexity index is 520. The highest BCUT2D eigenvalue weighted by molar-refractivity contribution is 5.96. The Balaban J connectivity index is 2.33. The van der Waals surface area contributed by atoms with Gasteiger partial charge in [0, 0.05) is 18.4 Å². The molecule has 0 radical (unpaired) electrons. The van der Waals surface area contributed by atoms with Crippen molar-refractivity contribution in [3.05, 3.63) is 35.6 Å². The number of carbonyl (C=O) groups excluding carboxylic acids is 2. The smallest absolute Gasteiger partial charge is 0.221 e. The molecule has 1 aromatic rings. The SMILES string of the molecule is CCCC(C#N)NC(=O)CCCC(=O)c1ccc(F)cc1. The molecule has 0 aromatic heterocycles. The van der Waals surface area contributed by atoms with E-state index >= 15 is 0 Å². The Morgan fingerprint density at radius 1 is 1.29 bits per heavy atom. The zero-order chi connectivity index (χ0) is 15.7. The molecule has 112 valence electrons. The van der Waals surface area contributed by atoms with Gasteiger partial charge in [0.2, 0.25) is 5.91 Å². The van der Waals surface area contributed by atoms with Crippen molar-refractivity contribution in [3.63, 3.8) is 0 Å². The number of carbonyl (C=O) groups is 2. The van der Waals surface area contributed by atoms with Crippen molar-refractivity contribution in [1.29, 1.82) is 5.26 Å². The molecule has 0 heterocycles. The second-order valence-electron chi connectivity index (χ2n) is 4.82. The van der Waals surface area contributed by atoms with E-state index in [1.165, 1.54) is 24.3 Å². The summed E-state index contributed by atoms with van der Waals surface area (Å²) >= 11 is 0. The van der Waals surface area contributed by atoms with Crippen LogP contribution in [0.15, 0.2) is 24.3 Å². The Morgan fingerprint density at radius 3 is 2.52 bits per heavy atom. The maximum atomic E-state index is 12.7. The molecule has 1 amide bonds. The number of hydrogen-bond donors (Lipinski definition) is 1. The Labute approximate surface area is 124 Å². The quantitative estimate of drug-likeness (QED) is 0.748. The molecule has 0 aliphatic rings. The molecule has 1 aromatic carbocycles. The maximum absolute atomic E-state index is 12.7.